The minimum Gasteiger partial charge on any atom is -0.480 e. The maximum atomic E-state index is 12.3. The maximum absolute atomic E-state index is 12.3. The van der Waals surface area contributed by atoms with Crippen molar-refractivity contribution in [1.82, 2.24) is 16.0 Å². The summed E-state index contributed by atoms with van der Waals surface area (Å²) in [6.07, 6.45) is 9.64. The average molecular weight is 363 g/mol. The molecule has 0 bridgehead atoms. The zero-order valence-corrected chi connectivity index (χ0v) is 14.9. The minimum absolute atomic E-state index is 0.0382. The summed E-state index contributed by atoms with van der Waals surface area (Å²) in [5.74, 6) is -1.15. The van der Waals surface area contributed by atoms with Gasteiger partial charge in [-0.05, 0) is 25.7 Å². The van der Waals surface area contributed by atoms with Gasteiger partial charge in [-0.1, -0.05) is 38.5 Å². The third-order valence-corrected chi connectivity index (χ3v) is 6.26. The standard InChI is InChI=1S/C15H30N3O5P/c19-14(20)11-16-15(24(21,22)23,17-12-7-3-1-4-8-12)18-13-9-5-2-6-10-13/h12-13,16-18H,1-11H2,(H,19,20)(H2,21,22,23). The van der Waals surface area contributed by atoms with Gasteiger partial charge < -0.3 is 14.9 Å². The van der Waals surface area contributed by atoms with E-state index in [1.807, 2.05) is 0 Å². The van der Waals surface area contributed by atoms with E-state index < -0.39 is 25.6 Å². The van der Waals surface area contributed by atoms with Gasteiger partial charge in [0.05, 0.1) is 6.54 Å². The van der Waals surface area contributed by atoms with Crippen LogP contribution in [0.15, 0.2) is 0 Å². The number of aliphatic carboxylic acids is 1. The maximum Gasteiger partial charge on any atom is 0.375 e. The summed E-state index contributed by atoms with van der Waals surface area (Å²) in [6.45, 7) is -0.523. The van der Waals surface area contributed by atoms with Crippen molar-refractivity contribution in [3.8, 4) is 0 Å². The highest BCUT2D eigenvalue weighted by Gasteiger charge is 2.49. The second-order valence-corrected chi connectivity index (χ2v) is 8.72. The second-order valence-electron chi connectivity index (χ2n) is 6.96. The molecular formula is C15H30N3O5P. The van der Waals surface area contributed by atoms with Gasteiger partial charge in [0.25, 0.3) is 0 Å². The van der Waals surface area contributed by atoms with Crippen LogP contribution in [-0.4, -0.2) is 45.0 Å². The number of hydrogen-bond acceptors (Lipinski definition) is 5. The third-order valence-electron chi connectivity index (χ3n) is 4.97. The van der Waals surface area contributed by atoms with Gasteiger partial charge in [0.1, 0.15) is 0 Å². The molecule has 0 aromatic carbocycles. The molecule has 0 aliphatic heterocycles. The predicted octanol–water partition coefficient (Wildman–Crippen LogP) is 1.29. The molecule has 0 aromatic rings. The summed E-state index contributed by atoms with van der Waals surface area (Å²) in [5.41, 5.74) is -1.88. The molecule has 0 aromatic heterocycles. The monoisotopic (exact) mass is 363 g/mol. The van der Waals surface area contributed by atoms with Crippen LogP contribution in [0, 0.1) is 0 Å². The molecule has 24 heavy (non-hydrogen) atoms. The second kappa shape index (κ2) is 8.74. The fourth-order valence-corrected chi connectivity index (χ4v) is 4.69. The zero-order chi connectivity index (χ0) is 17.6. The minimum atomic E-state index is -4.69. The van der Waals surface area contributed by atoms with Gasteiger partial charge in [0, 0.05) is 12.1 Å². The van der Waals surface area contributed by atoms with Crippen LogP contribution in [0.5, 0.6) is 0 Å². The van der Waals surface area contributed by atoms with Crippen molar-refractivity contribution in [3.05, 3.63) is 0 Å². The highest BCUT2D eigenvalue weighted by atomic mass is 31.2. The van der Waals surface area contributed by atoms with Crippen LogP contribution in [0.4, 0.5) is 0 Å². The predicted molar refractivity (Wildman–Crippen MR) is 90.4 cm³/mol. The lowest BCUT2D eigenvalue weighted by atomic mass is 9.94. The Labute approximate surface area is 142 Å². The fourth-order valence-electron chi connectivity index (χ4n) is 3.70. The Morgan fingerprint density at radius 3 is 1.67 bits per heavy atom. The third kappa shape index (κ3) is 5.51. The summed E-state index contributed by atoms with van der Waals surface area (Å²) in [5, 5.41) is 17.7. The summed E-state index contributed by atoms with van der Waals surface area (Å²) < 4.78 is 12.3. The molecule has 2 saturated carbocycles. The van der Waals surface area contributed by atoms with Crippen LogP contribution >= 0.6 is 7.60 Å². The lowest BCUT2D eigenvalue weighted by Gasteiger charge is -2.43. The number of carboxylic acid groups (broad SMARTS) is 1. The first-order valence-electron chi connectivity index (χ1n) is 8.90. The van der Waals surface area contributed by atoms with E-state index in [1.54, 1.807) is 0 Å². The summed E-state index contributed by atoms with van der Waals surface area (Å²) in [7, 11) is -4.69. The summed E-state index contributed by atoms with van der Waals surface area (Å²) in [4.78, 5) is 31.1. The van der Waals surface area contributed by atoms with E-state index in [0.717, 1.165) is 64.2 Å². The molecule has 0 amide bonds. The topological polar surface area (TPSA) is 131 Å². The van der Waals surface area contributed by atoms with E-state index in [0.29, 0.717) is 0 Å². The molecule has 0 heterocycles. The van der Waals surface area contributed by atoms with Gasteiger partial charge in [-0.3, -0.25) is 25.3 Å². The Morgan fingerprint density at radius 2 is 1.33 bits per heavy atom. The molecule has 2 aliphatic rings. The highest BCUT2D eigenvalue weighted by Crippen LogP contribution is 2.47. The normalized spacial score (nSPS) is 21.8. The van der Waals surface area contributed by atoms with E-state index in [9.17, 15) is 19.1 Å². The molecule has 6 N–H and O–H groups in total. The Morgan fingerprint density at radius 1 is 0.917 bits per heavy atom. The lowest BCUT2D eigenvalue weighted by Crippen LogP contribution is -2.70. The number of carbonyl (C=O) groups is 1. The van der Waals surface area contributed by atoms with Crippen molar-refractivity contribution in [2.24, 2.45) is 0 Å². The van der Waals surface area contributed by atoms with Crippen molar-refractivity contribution in [2.45, 2.75) is 81.8 Å². The number of nitrogens with one attached hydrogen (secondary N) is 3. The van der Waals surface area contributed by atoms with Crippen LogP contribution in [0.3, 0.4) is 0 Å². The Hall–Kier alpha value is -0.500. The van der Waals surface area contributed by atoms with Gasteiger partial charge in [-0.25, -0.2) is 0 Å². The van der Waals surface area contributed by atoms with Gasteiger partial charge >= 0.3 is 13.6 Å². The molecule has 0 radical (unpaired) electrons. The van der Waals surface area contributed by atoms with Crippen LogP contribution in [0.1, 0.15) is 64.2 Å². The van der Waals surface area contributed by atoms with Crippen LogP contribution in [-0.2, 0) is 9.36 Å². The zero-order valence-electron chi connectivity index (χ0n) is 14.0. The number of carboxylic acids is 1. The van der Waals surface area contributed by atoms with E-state index in [-0.39, 0.29) is 12.1 Å². The summed E-state index contributed by atoms with van der Waals surface area (Å²) in [6, 6.07) is -0.0764. The van der Waals surface area contributed by atoms with E-state index in [4.69, 9.17) is 5.11 Å². The van der Waals surface area contributed by atoms with Crippen LogP contribution < -0.4 is 16.0 Å². The molecule has 9 heteroatoms. The summed E-state index contributed by atoms with van der Waals surface area (Å²) >= 11 is 0. The molecule has 0 unspecified atom stereocenters. The van der Waals surface area contributed by atoms with Gasteiger partial charge in [-0.2, -0.15) is 0 Å². The first kappa shape index (κ1) is 19.8. The van der Waals surface area contributed by atoms with E-state index in [2.05, 4.69) is 16.0 Å². The van der Waals surface area contributed by atoms with Crippen molar-refractivity contribution in [1.29, 1.82) is 0 Å². The molecule has 2 fully saturated rings. The molecule has 0 atom stereocenters. The number of rotatable bonds is 8. The van der Waals surface area contributed by atoms with Crippen molar-refractivity contribution < 1.29 is 24.3 Å². The molecule has 8 nitrogen and oxygen atoms in total. The van der Waals surface area contributed by atoms with Gasteiger partial charge in [0.15, 0.2) is 0 Å². The first-order valence-corrected chi connectivity index (χ1v) is 10.5. The van der Waals surface area contributed by atoms with Crippen LogP contribution in [0.25, 0.3) is 0 Å². The van der Waals surface area contributed by atoms with E-state index >= 15 is 0 Å². The van der Waals surface area contributed by atoms with Crippen molar-refractivity contribution in [2.75, 3.05) is 6.54 Å². The van der Waals surface area contributed by atoms with Crippen molar-refractivity contribution >= 4 is 13.6 Å². The van der Waals surface area contributed by atoms with Gasteiger partial charge in [0.2, 0.25) is 5.53 Å². The van der Waals surface area contributed by atoms with E-state index in [1.165, 1.54) is 0 Å². The molecule has 0 spiro atoms. The fraction of sp³-hybridized carbons (Fsp3) is 0.933. The largest absolute Gasteiger partial charge is 0.480 e. The average Bonchev–Trinajstić information content (AvgIpc) is 2.53. The Kier molecular flexibility index (Phi) is 7.22. The van der Waals surface area contributed by atoms with Gasteiger partial charge in [-0.15, -0.1) is 0 Å². The smallest absolute Gasteiger partial charge is 0.375 e. The molecule has 140 valence electrons. The Balaban J connectivity index is 2.19. The SMILES string of the molecule is O=C(O)CNC(NC1CCCCC1)(NC1CCCCC1)P(=O)(O)O. The quantitative estimate of drug-likeness (QED) is 0.281. The highest BCUT2D eigenvalue weighted by molar-refractivity contribution is 7.53. The first-order chi connectivity index (χ1) is 11.3. The number of hydrogen-bond donors (Lipinski definition) is 6. The van der Waals surface area contributed by atoms with Crippen LogP contribution in [0.2, 0.25) is 0 Å². The Bertz CT molecular complexity index is 438. The molecule has 2 aliphatic carbocycles. The molecule has 2 rings (SSSR count). The molecule has 0 saturated heterocycles. The lowest BCUT2D eigenvalue weighted by molar-refractivity contribution is -0.136. The molecular weight excluding hydrogens is 333 g/mol. The van der Waals surface area contributed by atoms with Crippen molar-refractivity contribution in [3.63, 3.8) is 0 Å².